The first-order chi connectivity index (χ1) is 6.42. The van der Waals surface area contributed by atoms with Crippen LogP contribution in [-0.4, -0.2) is 10.2 Å². The van der Waals surface area contributed by atoms with Crippen molar-refractivity contribution in [2.24, 2.45) is 0 Å². The summed E-state index contributed by atoms with van der Waals surface area (Å²) in [7, 11) is 0. The molecule has 0 amide bonds. The number of aromatic nitrogens is 2. The molecular formula is C11H11N2. The van der Waals surface area contributed by atoms with Crippen LogP contribution >= 0.6 is 0 Å². The third-order valence-corrected chi connectivity index (χ3v) is 2.03. The zero-order valence-electron chi connectivity index (χ0n) is 7.49. The lowest BCUT2D eigenvalue weighted by molar-refractivity contribution is 1.10. The SMILES string of the molecule is C[CH]c1c[nH]nc1-c1ccccc1. The molecule has 0 spiro atoms. The van der Waals surface area contributed by atoms with Gasteiger partial charge in [-0.1, -0.05) is 37.3 Å². The highest BCUT2D eigenvalue weighted by Crippen LogP contribution is 2.21. The first-order valence-corrected chi connectivity index (χ1v) is 4.30. The second-order valence-electron chi connectivity index (χ2n) is 2.84. The van der Waals surface area contributed by atoms with Crippen molar-refractivity contribution in [2.75, 3.05) is 0 Å². The second kappa shape index (κ2) is 3.44. The van der Waals surface area contributed by atoms with Crippen LogP contribution in [0.3, 0.4) is 0 Å². The smallest absolute Gasteiger partial charge is 0.0955 e. The number of hydrogen-bond donors (Lipinski definition) is 1. The monoisotopic (exact) mass is 171 g/mol. The summed E-state index contributed by atoms with van der Waals surface area (Å²) in [6.07, 6.45) is 3.95. The topological polar surface area (TPSA) is 28.7 Å². The van der Waals surface area contributed by atoms with Crippen LogP contribution in [-0.2, 0) is 0 Å². The van der Waals surface area contributed by atoms with E-state index in [0.717, 1.165) is 16.8 Å². The molecule has 0 saturated carbocycles. The van der Waals surface area contributed by atoms with Crippen molar-refractivity contribution in [2.45, 2.75) is 6.92 Å². The fourth-order valence-corrected chi connectivity index (χ4v) is 1.35. The van der Waals surface area contributed by atoms with E-state index in [1.807, 2.05) is 37.7 Å². The molecule has 2 aromatic rings. The second-order valence-corrected chi connectivity index (χ2v) is 2.84. The van der Waals surface area contributed by atoms with Gasteiger partial charge in [-0.2, -0.15) is 5.10 Å². The summed E-state index contributed by atoms with van der Waals surface area (Å²) in [5.74, 6) is 0. The minimum atomic E-state index is 1.02. The Morgan fingerprint density at radius 1 is 1.23 bits per heavy atom. The van der Waals surface area contributed by atoms with Gasteiger partial charge in [-0.05, 0) is 6.42 Å². The Balaban J connectivity index is 2.47. The predicted octanol–water partition coefficient (Wildman–Crippen LogP) is 2.65. The van der Waals surface area contributed by atoms with Crippen molar-refractivity contribution < 1.29 is 0 Å². The fourth-order valence-electron chi connectivity index (χ4n) is 1.35. The van der Waals surface area contributed by atoms with Crippen molar-refractivity contribution in [3.05, 3.63) is 48.5 Å². The van der Waals surface area contributed by atoms with Crippen LogP contribution in [0.4, 0.5) is 0 Å². The molecule has 1 heterocycles. The van der Waals surface area contributed by atoms with Crippen LogP contribution < -0.4 is 0 Å². The predicted molar refractivity (Wildman–Crippen MR) is 53.1 cm³/mol. The van der Waals surface area contributed by atoms with Gasteiger partial charge < -0.3 is 0 Å². The number of rotatable bonds is 2. The molecule has 2 heteroatoms. The highest BCUT2D eigenvalue weighted by atomic mass is 15.1. The van der Waals surface area contributed by atoms with Crippen molar-refractivity contribution in [3.8, 4) is 11.3 Å². The van der Waals surface area contributed by atoms with E-state index < -0.39 is 0 Å². The van der Waals surface area contributed by atoms with Gasteiger partial charge in [-0.3, -0.25) is 5.10 Å². The third-order valence-electron chi connectivity index (χ3n) is 2.03. The van der Waals surface area contributed by atoms with Crippen LogP contribution in [0.15, 0.2) is 36.5 Å². The summed E-state index contributed by atoms with van der Waals surface area (Å²) in [5.41, 5.74) is 3.31. The van der Waals surface area contributed by atoms with Crippen LogP contribution in [0.2, 0.25) is 0 Å². The molecule has 0 bridgehead atoms. The Morgan fingerprint density at radius 2 is 2.00 bits per heavy atom. The van der Waals surface area contributed by atoms with E-state index in [1.165, 1.54) is 0 Å². The molecule has 0 aliphatic rings. The van der Waals surface area contributed by atoms with E-state index in [0.29, 0.717) is 0 Å². The zero-order chi connectivity index (χ0) is 9.10. The van der Waals surface area contributed by atoms with Gasteiger partial charge in [-0.25, -0.2) is 0 Å². The molecule has 0 atom stereocenters. The molecule has 0 saturated heterocycles. The van der Waals surface area contributed by atoms with Gasteiger partial charge in [0.25, 0.3) is 0 Å². The number of H-pyrrole nitrogens is 1. The molecule has 1 aromatic heterocycles. The van der Waals surface area contributed by atoms with Crippen LogP contribution in [0, 0.1) is 6.42 Å². The molecule has 0 aliphatic carbocycles. The molecule has 1 radical (unpaired) electrons. The Kier molecular flexibility index (Phi) is 2.13. The van der Waals surface area contributed by atoms with Gasteiger partial charge in [0.2, 0.25) is 0 Å². The van der Waals surface area contributed by atoms with Gasteiger partial charge in [0.1, 0.15) is 0 Å². The largest absolute Gasteiger partial charge is 0.285 e. The lowest BCUT2D eigenvalue weighted by atomic mass is 10.1. The molecule has 13 heavy (non-hydrogen) atoms. The molecule has 1 N–H and O–H groups in total. The fraction of sp³-hybridized carbons (Fsp3) is 0.0909. The molecule has 65 valence electrons. The zero-order valence-corrected chi connectivity index (χ0v) is 7.49. The maximum atomic E-state index is 4.20. The summed E-state index contributed by atoms with van der Waals surface area (Å²) in [5, 5.41) is 7.07. The normalized spacial score (nSPS) is 10.2. The van der Waals surface area contributed by atoms with Gasteiger partial charge in [0.05, 0.1) is 5.69 Å². The minimum Gasteiger partial charge on any atom is -0.285 e. The Labute approximate surface area is 77.6 Å². The number of aromatic amines is 1. The van der Waals surface area contributed by atoms with E-state index in [-0.39, 0.29) is 0 Å². The van der Waals surface area contributed by atoms with Gasteiger partial charge >= 0.3 is 0 Å². The summed E-state index contributed by atoms with van der Waals surface area (Å²) < 4.78 is 0. The summed E-state index contributed by atoms with van der Waals surface area (Å²) >= 11 is 0. The summed E-state index contributed by atoms with van der Waals surface area (Å²) in [4.78, 5) is 0. The van der Waals surface area contributed by atoms with E-state index in [4.69, 9.17) is 0 Å². The van der Waals surface area contributed by atoms with Crippen LogP contribution in [0.5, 0.6) is 0 Å². The highest BCUT2D eigenvalue weighted by molar-refractivity contribution is 5.63. The number of nitrogens with zero attached hydrogens (tertiary/aromatic N) is 1. The lowest BCUT2D eigenvalue weighted by Crippen LogP contribution is -1.81. The van der Waals surface area contributed by atoms with Crippen LogP contribution in [0.1, 0.15) is 12.5 Å². The Bertz CT molecular complexity index is 376. The maximum Gasteiger partial charge on any atom is 0.0955 e. The standard InChI is InChI=1S/C11H11N2/c1-2-9-8-12-13-11(9)10-6-4-3-5-7-10/h2-8H,1H3,(H,12,13). The first-order valence-electron chi connectivity index (χ1n) is 4.30. The van der Waals surface area contributed by atoms with Gasteiger partial charge in [0.15, 0.2) is 0 Å². The van der Waals surface area contributed by atoms with Crippen LogP contribution in [0.25, 0.3) is 11.3 Å². The summed E-state index contributed by atoms with van der Waals surface area (Å²) in [6, 6.07) is 10.2. The average molecular weight is 171 g/mol. The van der Waals surface area contributed by atoms with E-state index in [2.05, 4.69) is 22.3 Å². The Morgan fingerprint density at radius 3 is 2.69 bits per heavy atom. The average Bonchev–Trinajstić information content (AvgIpc) is 2.67. The van der Waals surface area contributed by atoms with E-state index >= 15 is 0 Å². The quantitative estimate of drug-likeness (QED) is 0.739. The van der Waals surface area contributed by atoms with Gasteiger partial charge in [-0.15, -0.1) is 0 Å². The molecule has 1 aromatic carbocycles. The molecule has 2 nitrogen and oxygen atoms in total. The lowest BCUT2D eigenvalue weighted by Gasteiger charge is -1.97. The van der Waals surface area contributed by atoms with Crippen molar-refractivity contribution in [3.63, 3.8) is 0 Å². The molecule has 0 aliphatic heterocycles. The van der Waals surface area contributed by atoms with Gasteiger partial charge in [0, 0.05) is 17.3 Å². The van der Waals surface area contributed by atoms with Crippen molar-refractivity contribution in [1.82, 2.24) is 10.2 Å². The molecule has 2 rings (SSSR count). The van der Waals surface area contributed by atoms with Crippen molar-refractivity contribution >= 4 is 0 Å². The van der Waals surface area contributed by atoms with E-state index in [9.17, 15) is 0 Å². The molecular weight excluding hydrogens is 160 g/mol. The number of nitrogens with one attached hydrogen (secondary N) is 1. The first kappa shape index (κ1) is 8.05. The molecule has 0 fully saturated rings. The minimum absolute atomic E-state index is 1.02. The maximum absolute atomic E-state index is 4.20. The third kappa shape index (κ3) is 1.47. The number of benzene rings is 1. The Hall–Kier alpha value is -1.57. The molecule has 0 unspecified atom stereocenters. The highest BCUT2D eigenvalue weighted by Gasteiger charge is 2.04. The number of hydrogen-bond acceptors (Lipinski definition) is 1. The van der Waals surface area contributed by atoms with E-state index in [1.54, 1.807) is 0 Å². The van der Waals surface area contributed by atoms with Crippen molar-refractivity contribution in [1.29, 1.82) is 0 Å². The summed E-state index contributed by atoms with van der Waals surface area (Å²) in [6.45, 7) is 2.01.